The fourth-order valence-corrected chi connectivity index (χ4v) is 10.6. The third-order valence-corrected chi connectivity index (χ3v) is 15.2. The van der Waals surface area contributed by atoms with Crippen molar-refractivity contribution in [3.05, 3.63) is 94.4 Å². The number of fused-ring (bicyclic) bond motifs is 2. The van der Waals surface area contributed by atoms with Crippen LogP contribution in [0.4, 0.5) is 11.4 Å². The van der Waals surface area contributed by atoms with E-state index < -0.39 is 37.0 Å². The predicted octanol–water partition coefficient (Wildman–Crippen LogP) is 6.87. The van der Waals surface area contributed by atoms with E-state index in [0.717, 1.165) is 63.8 Å². The van der Waals surface area contributed by atoms with Crippen molar-refractivity contribution in [3.63, 3.8) is 0 Å². The molecule has 0 unspecified atom stereocenters. The molecule has 0 saturated heterocycles. The SMILES string of the molecule is COCCOCCOCCN1C(=C/C=C2\CCCC(/C=C/C3=[N+](CCOCCOCCOC)c4ccc(S(=O)(=O)O)cc4C3(C)C)=C2OCCC[N+](C)(C)CCCC(=O)O)C(C)(C)c2cc(S(=O)(=O)O)ccc21. The van der Waals surface area contributed by atoms with Gasteiger partial charge in [-0.15, -0.1) is 0 Å². The maximum Gasteiger partial charge on any atom is 0.303 e. The summed E-state index contributed by atoms with van der Waals surface area (Å²) in [5.41, 5.74) is 5.44. The number of quaternary nitrogens is 1. The summed E-state index contributed by atoms with van der Waals surface area (Å²) < 4.78 is 112. The quantitative estimate of drug-likeness (QED) is 0.0295. The molecule has 5 rings (SSSR count). The van der Waals surface area contributed by atoms with Crippen LogP contribution in [0.3, 0.4) is 0 Å². The second kappa shape index (κ2) is 26.9. The fraction of sp³-hybridized carbons (Fsp3) is 0.585. The van der Waals surface area contributed by atoms with Gasteiger partial charge in [0, 0.05) is 68.1 Å². The molecule has 0 aromatic heterocycles. The number of hydrogen-bond donors (Lipinski definition) is 3. The number of anilines is 1. The molecular formula is C53H79N3O15S2+2. The lowest BCUT2D eigenvalue weighted by atomic mass is 9.81. The maximum atomic E-state index is 12.4. The zero-order valence-corrected chi connectivity index (χ0v) is 45.7. The highest BCUT2D eigenvalue weighted by atomic mass is 32.2. The van der Waals surface area contributed by atoms with E-state index in [4.69, 9.17) is 33.2 Å². The van der Waals surface area contributed by atoms with Crippen LogP contribution in [0.1, 0.15) is 77.3 Å². The Morgan fingerprint density at radius 3 is 1.90 bits per heavy atom. The van der Waals surface area contributed by atoms with Gasteiger partial charge in [-0.1, -0.05) is 19.9 Å². The number of carboxylic acid groups (broad SMARTS) is 1. The lowest BCUT2D eigenvalue weighted by Crippen LogP contribution is -2.41. The van der Waals surface area contributed by atoms with Crippen molar-refractivity contribution in [1.82, 2.24) is 0 Å². The molecular weight excluding hydrogens is 983 g/mol. The highest BCUT2D eigenvalue weighted by Crippen LogP contribution is 2.49. The van der Waals surface area contributed by atoms with Gasteiger partial charge in [-0.3, -0.25) is 13.9 Å². The number of nitrogens with zero attached hydrogens (tertiary/aromatic N) is 3. The minimum absolute atomic E-state index is 0.111. The number of aliphatic carboxylic acids is 1. The number of carbonyl (C=O) groups is 1. The number of carboxylic acids is 1. The number of ether oxygens (including phenoxy) is 7. The number of benzene rings is 2. The van der Waals surface area contributed by atoms with Gasteiger partial charge in [-0.25, -0.2) is 0 Å². The number of allylic oxidation sites excluding steroid dienone is 7. The molecule has 20 heteroatoms. The van der Waals surface area contributed by atoms with Crippen LogP contribution in [-0.2, 0) is 69.0 Å². The Balaban J connectivity index is 1.54. The summed E-state index contributed by atoms with van der Waals surface area (Å²) in [5.74, 6) is -0.0696. The molecule has 0 amide bonds. The first kappa shape index (κ1) is 59.6. The van der Waals surface area contributed by atoms with Crippen molar-refractivity contribution in [2.45, 2.75) is 86.8 Å². The Kier molecular flexibility index (Phi) is 22.0. The van der Waals surface area contributed by atoms with E-state index in [-0.39, 0.29) is 16.2 Å². The van der Waals surface area contributed by atoms with Gasteiger partial charge in [0.15, 0.2) is 12.3 Å². The monoisotopic (exact) mass is 1060 g/mol. The minimum Gasteiger partial charge on any atom is -0.493 e. The molecule has 0 fully saturated rings. The van der Waals surface area contributed by atoms with Crippen LogP contribution in [0.15, 0.2) is 93.1 Å². The van der Waals surface area contributed by atoms with Gasteiger partial charge in [0.25, 0.3) is 20.2 Å². The van der Waals surface area contributed by atoms with Crippen molar-refractivity contribution in [3.8, 4) is 0 Å². The third kappa shape index (κ3) is 16.6. The highest BCUT2D eigenvalue weighted by Gasteiger charge is 2.45. The molecule has 2 aromatic rings. The Morgan fingerprint density at radius 1 is 0.712 bits per heavy atom. The summed E-state index contributed by atoms with van der Waals surface area (Å²) in [7, 11) is -1.54. The molecule has 0 radical (unpaired) electrons. The zero-order chi connectivity index (χ0) is 53.5. The van der Waals surface area contributed by atoms with E-state index in [2.05, 4.69) is 47.9 Å². The molecule has 18 nitrogen and oxygen atoms in total. The largest absolute Gasteiger partial charge is 0.493 e. The normalized spacial score (nSPS) is 17.9. The van der Waals surface area contributed by atoms with E-state index in [1.54, 1.807) is 26.4 Å². The number of hydrogen-bond acceptors (Lipinski definition) is 13. The maximum absolute atomic E-state index is 12.4. The Hall–Kier alpha value is -4.32. The number of methoxy groups -OCH3 is 2. The first-order valence-corrected chi connectivity index (χ1v) is 27.9. The van der Waals surface area contributed by atoms with Gasteiger partial charge in [-0.05, 0) is 92.3 Å². The summed E-state index contributed by atoms with van der Waals surface area (Å²) in [4.78, 5) is 13.0. The van der Waals surface area contributed by atoms with Crippen LogP contribution < -0.4 is 4.90 Å². The van der Waals surface area contributed by atoms with Crippen LogP contribution in [0.5, 0.6) is 0 Å². The number of rotatable bonds is 32. The van der Waals surface area contributed by atoms with E-state index in [1.807, 2.05) is 27.7 Å². The summed E-state index contributed by atoms with van der Waals surface area (Å²) in [6, 6.07) is 9.34. The van der Waals surface area contributed by atoms with Crippen LogP contribution in [0.2, 0.25) is 0 Å². The van der Waals surface area contributed by atoms with Gasteiger partial charge >= 0.3 is 5.97 Å². The molecule has 0 bridgehead atoms. The van der Waals surface area contributed by atoms with Crippen LogP contribution in [0, 0.1) is 0 Å². The molecule has 3 aliphatic rings. The molecule has 73 heavy (non-hydrogen) atoms. The second-order valence-corrected chi connectivity index (χ2v) is 22.9. The van der Waals surface area contributed by atoms with Gasteiger partial charge in [-0.2, -0.15) is 21.4 Å². The topological polar surface area (TPSA) is 217 Å². The molecule has 0 saturated carbocycles. The lowest BCUT2D eigenvalue weighted by molar-refractivity contribution is -0.890. The zero-order valence-electron chi connectivity index (χ0n) is 44.0. The van der Waals surface area contributed by atoms with Crippen molar-refractivity contribution in [2.24, 2.45) is 0 Å². The first-order valence-electron chi connectivity index (χ1n) is 25.0. The third-order valence-electron chi connectivity index (χ3n) is 13.5. The van der Waals surface area contributed by atoms with Crippen molar-refractivity contribution in [1.29, 1.82) is 0 Å². The summed E-state index contributed by atoms with van der Waals surface area (Å²) in [6.07, 6.45) is 11.9. The first-order chi connectivity index (χ1) is 34.5. The average Bonchev–Trinajstić information content (AvgIpc) is 3.67. The molecule has 2 aliphatic heterocycles. The van der Waals surface area contributed by atoms with E-state index in [1.165, 1.54) is 24.3 Å². The van der Waals surface area contributed by atoms with Gasteiger partial charge < -0.3 is 47.6 Å². The molecule has 3 N–H and O–H groups in total. The lowest BCUT2D eigenvalue weighted by Gasteiger charge is -2.30. The summed E-state index contributed by atoms with van der Waals surface area (Å²) >= 11 is 0. The average molecular weight is 1060 g/mol. The standard InChI is InChI=1S/C53H77N3O15S2/c1-52(2)44-38-42(72(59,60)61)17-19-46(44)54(23-28-67-34-36-69-32-30-65-7)48(52)21-15-40-12-9-13-41(51(40)71-27-11-26-56(5,6)25-10-14-50(57)58)16-22-49-53(3,4)45-39-43(73(62,63)64)18-20-47(45)55(49)24-29-68-35-37-70-33-31-66-8/h15-22,38-39H,9-14,23-37H2,1-8H3,(H-2,57,58,59,60,61,62,63,64)/p+2. The molecule has 0 spiro atoms. The molecule has 2 aromatic carbocycles. The second-order valence-electron chi connectivity index (χ2n) is 20.0. The summed E-state index contributed by atoms with van der Waals surface area (Å²) in [5, 5.41) is 9.24. The minimum atomic E-state index is -4.48. The molecule has 0 atom stereocenters. The molecule has 406 valence electrons. The molecule has 1 aliphatic carbocycles. The van der Waals surface area contributed by atoms with E-state index in [0.29, 0.717) is 122 Å². The van der Waals surface area contributed by atoms with E-state index >= 15 is 0 Å². The van der Waals surface area contributed by atoms with Crippen LogP contribution in [-0.4, -0.2) is 179 Å². The van der Waals surface area contributed by atoms with Gasteiger partial charge in [0.05, 0.1) is 115 Å². The van der Waals surface area contributed by atoms with Crippen molar-refractivity contribution < 1.29 is 78.1 Å². The molecule has 2 heterocycles. The van der Waals surface area contributed by atoms with Gasteiger partial charge in [0.2, 0.25) is 5.69 Å². The highest BCUT2D eigenvalue weighted by molar-refractivity contribution is 7.86. The fourth-order valence-electron chi connectivity index (χ4n) is 9.55. The predicted molar refractivity (Wildman–Crippen MR) is 278 cm³/mol. The van der Waals surface area contributed by atoms with Crippen LogP contribution in [0.25, 0.3) is 0 Å². The Morgan fingerprint density at radius 2 is 1.29 bits per heavy atom. The van der Waals surface area contributed by atoms with Crippen molar-refractivity contribution >= 4 is 43.3 Å². The van der Waals surface area contributed by atoms with Crippen LogP contribution >= 0.6 is 0 Å². The smallest absolute Gasteiger partial charge is 0.303 e. The Bertz CT molecular complexity index is 2600. The van der Waals surface area contributed by atoms with Gasteiger partial charge in [0.1, 0.15) is 12.4 Å². The van der Waals surface area contributed by atoms with E-state index in [9.17, 15) is 35.8 Å². The Labute approximate surface area is 433 Å². The summed E-state index contributed by atoms with van der Waals surface area (Å²) in [6.45, 7) is 15.1. The van der Waals surface area contributed by atoms with Crippen molar-refractivity contribution in [2.75, 3.05) is 132 Å².